The molecule has 13 heavy (non-hydrogen) atoms. The quantitative estimate of drug-likeness (QED) is 0.699. The Morgan fingerprint density at radius 2 is 1.92 bits per heavy atom. The van der Waals surface area contributed by atoms with Crippen molar-refractivity contribution in [1.29, 1.82) is 0 Å². The molecule has 6 heteroatoms. The molecule has 0 radical (unpaired) electrons. The zero-order valence-electron chi connectivity index (χ0n) is 6.73. The van der Waals surface area contributed by atoms with Crippen LogP contribution in [0.25, 0.3) is 0 Å². The monoisotopic (exact) mass is 206 g/mol. The van der Waals surface area contributed by atoms with Crippen LogP contribution < -0.4 is 8.92 Å². The maximum atomic E-state index is 12.0. The molecule has 0 saturated heterocycles. The summed E-state index contributed by atoms with van der Waals surface area (Å²) in [6.07, 6.45) is 0. The van der Waals surface area contributed by atoms with Crippen LogP contribution >= 0.6 is 0 Å². The number of hydrogen-bond acceptors (Lipinski definition) is 4. The Morgan fingerprint density at radius 1 is 1.31 bits per heavy atom. The Labute approximate surface area is 75.3 Å². The molecule has 0 saturated carbocycles. The van der Waals surface area contributed by atoms with Crippen molar-refractivity contribution >= 4 is 10.5 Å². The molecule has 0 bridgehead atoms. The van der Waals surface area contributed by atoms with E-state index in [-0.39, 0.29) is 5.75 Å². The van der Waals surface area contributed by atoms with Gasteiger partial charge in [-0.15, -0.1) is 0 Å². The second-order valence-electron chi connectivity index (χ2n) is 2.16. The van der Waals surface area contributed by atoms with E-state index in [0.29, 0.717) is 5.75 Å². The second kappa shape index (κ2) is 3.61. The molecule has 0 aromatic heterocycles. The summed E-state index contributed by atoms with van der Waals surface area (Å²) in [7, 11) is -3.55. The molecule has 0 aliphatic heterocycles. The average molecular weight is 206 g/mol. The second-order valence-corrected chi connectivity index (χ2v) is 3.11. The van der Waals surface area contributed by atoms with E-state index in [1.165, 1.54) is 25.3 Å². The third kappa shape index (κ3) is 3.29. The van der Waals surface area contributed by atoms with Crippen LogP contribution in [0.1, 0.15) is 0 Å². The Kier molecular flexibility index (Phi) is 2.72. The summed E-state index contributed by atoms with van der Waals surface area (Å²) in [5.41, 5.74) is 0. The van der Waals surface area contributed by atoms with Crippen LogP contribution in [0.4, 0.5) is 3.89 Å². The summed E-state index contributed by atoms with van der Waals surface area (Å²) in [5, 5.41) is 0. The molecule has 0 amide bonds. The number of halogens is 1. The van der Waals surface area contributed by atoms with E-state index in [9.17, 15) is 12.3 Å². The third-order valence-electron chi connectivity index (χ3n) is 1.24. The topological polar surface area (TPSA) is 52.6 Å². The van der Waals surface area contributed by atoms with Crippen LogP contribution in [-0.2, 0) is 10.5 Å². The van der Waals surface area contributed by atoms with Gasteiger partial charge in [-0.05, 0) is 12.1 Å². The fraction of sp³-hybridized carbons (Fsp3) is 0.143. The lowest BCUT2D eigenvalue weighted by Crippen LogP contribution is -2.00. The normalized spacial score (nSPS) is 10.9. The van der Waals surface area contributed by atoms with Gasteiger partial charge in [0, 0.05) is 6.07 Å². The summed E-state index contributed by atoms with van der Waals surface area (Å²) in [6, 6.07) is 5.63. The molecule has 0 N–H and O–H groups in total. The maximum Gasteiger partial charge on any atom is 0.488 e. The molecule has 0 unspecified atom stereocenters. The SMILES string of the molecule is COc1cccc(OS(=O)(=O)F)c1. The lowest BCUT2D eigenvalue weighted by atomic mass is 10.3. The molecule has 72 valence electrons. The minimum Gasteiger partial charge on any atom is -0.497 e. The van der Waals surface area contributed by atoms with Crippen molar-refractivity contribution < 1.29 is 21.2 Å². The van der Waals surface area contributed by atoms with Gasteiger partial charge in [-0.3, -0.25) is 0 Å². The summed E-state index contributed by atoms with van der Waals surface area (Å²) < 4.78 is 40.9. The van der Waals surface area contributed by atoms with Gasteiger partial charge in [0.1, 0.15) is 11.5 Å². The predicted molar refractivity (Wildman–Crippen MR) is 43.6 cm³/mol. The van der Waals surface area contributed by atoms with E-state index in [1.54, 1.807) is 6.07 Å². The van der Waals surface area contributed by atoms with Crippen molar-refractivity contribution in [2.75, 3.05) is 7.11 Å². The number of benzene rings is 1. The molecule has 0 spiro atoms. The number of ether oxygens (including phenoxy) is 1. The van der Waals surface area contributed by atoms with Gasteiger partial charge in [-0.25, -0.2) is 0 Å². The van der Waals surface area contributed by atoms with Gasteiger partial charge in [-0.1, -0.05) is 9.95 Å². The first-order valence-corrected chi connectivity index (χ1v) is 4.60. The van der Waals surface area contributed by atoms with Crippen molar-refractivity contribution in [3.63, 3.8) is 0 Å². The maximum absolute atomic E-state index is 12.0. The highest BCUT2D eigenvalue weighted by Gasteiger charge is 2.09. The molecule has 1 rings (SSSR count). The first-order valence-electron chi connectivity index (χ1n) is 3.29. The van der Waals surface area contributed by atoms with Crippen molar-refractivity contribution in [2.24, 2.45) is 0 Å². The van der Waals surface area contributed by atoms with Gasteiger partial charge < -0.3 is 8.92 Å². The largest absolute Gasteiger partial charge is 0.497 e. The van der Waals surface area contributed by atoms with Crippen molar-refractivity contribution in [3.8, 4) is 11.5 Å². The lowest BCUT2D eigenvalue weighted by Gasteiger charge is -2.02. The number of methoxy groups -OCH3 is 1. The number of hydrogen-bond donors (Lipinski definition) is 0. The fourth-order valence-corrected chi connectivity index (χ4v) is 1.10. The van der Waals surface area contributed by atoms with Crippen LogP contribution in [0.2, 0.25) is 0 Å². The van der Waals surface area contributed by atoms with Crippen LogP contribution in [0.15, 0.2) is 24.3 Å². The molecule has 0 aliphatic carbocycles. The average Bonchev–Trinajstić information content (AvgIpc) is 2.01. The Bertz CT molecular complexity index is 387. The van der Waals surface area contributed by atoms with Crippen molar-refractivity contribution in [1.82, 2.24) is 0 Å². The van der Waals surface area contributed by atoms with Gasteiger partial charge in [-0.2, -0.15) is 8.42 Å². The predicted octanol–water partition coefficient (Wildman–Crippen LogP) is 1.29. The summed E-state index contributed by atoms with van der Waals surface area (Å²) >= 11 is 0. The minimum absolute atomic E-state index is 0.123. The van der Waals surface area contributed by atoms with E-state index in [1.807, 2.05) is 0 Å². The van der Waals surface area contributed by atoms with Crippen LogP contribution in [0.3, 0.4) is 0 Å². The smallest absolute Gasteiger partial charge is 0.488 e. The van der Waals surface area contributed by atoms with Crippen LogP contribution in [0.5, 0.6) is 11.5 Å². The van der Waals surface area contributed by atoms with Crippen LogP contribution in [0, 0.1) is 0 Å². The Balaban J connectivity index is 2.90. The first kappa shape index (κ1) is 9.79. The highest BCUT2D eigenvalue weighted by Crippen LogP contribution is 2.20. The van der Waals surface area contributed by atoms with Crippen LogP contribution in [-0.4, -0.2) is 15.5 Å². The lowest BCUT2D eigenvalue weighted by molar-refractivity contribution is 0.408. The Hall–Kier alpha value is -1.30. The van der Waals surface area contributed by atoms with Gasteiger partial charge in [0.15, 0.2) is 0 Å². The standard InChI is InChI=1S/C7H7FO4S/c1-11-6-3-2-4-7(5-6)12-13(8,9)10/h2-5H,1H3. The minimum atomic E-state index is -4.96. The Morgan fingerprint density at radius 3 is 2.46 bits per heavy atom. The molecule has 1 aromatic rings. The molecule has 0 fully saturated rings. The summed E-state index contributed by atoms with van der Waals surface area (Å²) in [4.78, 5) is 0. The fourth-order valence-electron chi connectivity index (χ4n) is 0.768. The van der Waals surface area contributed by atoms with E-state index in [2.05, 4.69) is 4.18 Å². The molecule has 0 heterocycles. The van der Waals surface area contributed by atoms with Gasteiger partial charge in [0.05, 0.1) is 7.11 Å². The van der Waals surface area contributed by atoms with Gasteiger partial charge in [0.2, 0.25) is 0 Å². The molecule has 0 aliphatic rings. The van der Waals surface area contributed by atoms with Gasteiger partial charge in [0.25, 0.3) is 0 Å². The molecule has 4 nitrogen and oxygen atoms in total. The molecular weight excluding hydrogens is 199 g/mol. The molecule has 0 atom stereocenters. The van der Waals surface area contributed by atoms with Gasteiger partial charge >= 0.3 is 10.5 Å². The highest BCUT2D eigenvalue weighted by molar-refractivity contribution is 7.81. The van der Waals surface area contributed by atoms with E-state index in [0.717, 1.165) is 0 Å². The zero-order valence-corrected chi connectivity index (χ0v) is 7.55. The number of rotatable bonds is 3. The van der Waals surface area contributed by atoms with Crippen molar-refractivity contribution in [2.45, 2.75) is 0 Å². The van der Waals surface area contributed by atoms with E-state index < -0.39 is 10.5 Å². The van der Waals surface area contributed by atoms with E-state index >= 15 is 0 Å². The summed E-state index contributed by atoms with van der Waals surface area (Å²) in [5.74, 6) is 0.267. The van der Waals surface area contributed by atoms with E-state index in [4.69, 9.17) is 4.74 Å². The first-order chi connectivity index (χ1) is 6.01. The van der Waals surface area contributed by atoms with Crippen molar-refractivity contribution in [3.05, 3.63) is 24.3 Å². The molecule has 1 aromatic carbocycles. The highest BCUT2D eigenvalue weighted by atomic mass is 32.3. The third-order valence-corrected chi connectivity index (χ3v) is 1.63. The summed E-state index contributed by atoms with van der Waals surface area (Å²) in [6.45, 7) is 0. The zero-order chi connectivity index (χ0) is 9.90. The molecular formula is C7H7FO4S.